The van der Waals surface area contributed by atoms with Gasteiger partial charge in [-0.1, -0.05) is 41.4 Å². The molecule has 0 unspecified atom stereocenters. The Morgan fingerprint density at radius 2 is 1.60 bits per heavy atom. The highest BCUT2D eigenvalue weighted by molar-refractivity contribution is 7.21. The molecule has 1 amide bonds. The minimum absolute atomic E-state index is 0.128. The monoisotopic (exact) mass is 528 g/mol. The lowest BCUT2D eigenvalue weighted by molar-refractivity contribution is 0.0306. The van der Waals surface area contributed by atoms with E-state index in [4.69, 9.17) is 27.9 Å². The number of ether oxygens (including phenoxy) is 1. The number of amides is 1. The lowest BCUT2D eigenvalue weighted by Gasteiger charge is -2.26. The van der Waals surface area contributed by atoms with Crippen LogP contribution in [0, 0.1) is 0 Å². The number of hydrogen-bond acceptors (Lipinski definition) is 5. The Balaban J connectivity index is 1.66. The van der Waals surface area contributed by atoms with Crippen molar-refractivity contribution in [3.63, 3.8) is 0 Å². The Kier molecular flexibility index (Phi) is 6.37. The number of halogens is 2. The van der Waals surface area contributed by atoms with Crippen molar-refractivity contribution in [3.05, 3.63) is 80.8 Å². The van der Waals surface area contributed by atoms with Crippen LogP contribution in [0.15, 0.2) is 54.7 Å². The molecule has 2 aromatic carbocycles. The third-order valence-corrected chi connectivity index (χ3v) is 7.60. The van der Waals surface area contributed by atoms with Crippen LogP contribution in [-0.4, -0.2) is 58.7 Å². The van der Waals surface area contributed by atoms with Gasteiger partial charge in [0.2, 0.25) is 0 Å². The van der Waals surface area contributed by atoms with Crippen LogP contribution in [0.25, 0.3) is 21.3 Å². The zero-order chi connectivity index (χ0) is 24.7. The van der Waals surface area contributed by atoms with Crippen LogP contribution in [0.1, 0.15) is 30.4 Å². The van der Waals surface area contributed by atoms with E-state index in [-0.39, 0.29) is 27.1 Å². The standard InChI is InChI=1S/C25H18Cl2N2O5S/c26-17-2-1-3-18(27)21(17)24(31)29-13-16(14-4-6-15(7-5-14)25(32)33)22-19(29)12-20(35-22)23(30)28-8-10-34-11-9-28/h1-7,12-13H,8-11H2,(H,32,33). The highest BCUT2D eigenvalue weighted by Gasteiger charge is 2.26. The second-order valence-corrected chi connectivity index (χ2v) is 9.79. The van der Waals surface area contributed by atoms with Crippen LogP contribution in [0.4, 0.5) is 0 Å². The van der Waals surface area contributed by atoms with Crippen molar-refractivity contribution >= 4 is 62.5 Å². The van der Waals surface area contributed by atoms with Crippen LogP contribution in [0.5, 0.6) is 0 Å². The van der Waals surface area contributed by atoms with Crippen LogP contribution in [-0.2, 0) is 4.74 Å². The van der Waals surface area contributed by atoms with Crippen molar-refractivity contribution in [2.24, 2.45) is 0 Å². The topological polar surface area (TPSA) is 88.8 Å². The maximum atomic E-state index is 13.6. The Morgan fingerprint density at radius 1 is 0.943 bits per heavy atom. The SMILES string of the molecule is O=C(O)c1ccc(-c2cn(C(=O)c3c(Cl)cccc3Cl)c3cc(C(=O)N4CCOCC4)sc23)cc1. The maximum absolute atomic E-state index is 13.6. The highest BCUT2D eigenvalue weighted by Crippen LogP contribution is 2.39. The third kappa shape index (κ3) is 4.34. The fraction of sp³-hybridized carbons (Fsp3) is 0.160. The van der Waals surface area contributed by atoms with Gasteiger partial charge in [0.05, 0.1) is 49.5 Å². The molecule has 3 heterocycles. The summed E-state index contributed by atoms with van der Waals surface area (Å²) in [6, 6.07) is 12.9. The van der Waals surface area contributed by atoms with E-state index in [1.54, 1.807) is 47.5 Å². The molecule has 7 nitrogen and oxygen atoms in total. The quantitative estimate of drug-likeness (QED) is 0.375. The van der Waals surface area contributed by atoms with Crippen molar-refractivity contribution in [2.45, 2.75) is 0 Å². The predicted molar refractivity (Wildman–Crippen MR) is 135 cm³/mol. The summed E-state index contributed by atoms with van der Waals surface area (Å²) < 4.78 is 7.51. The fourth-order valence-corrected chi connectivity index (χ4v) is 5.74. The Labute approximate surface area is 214 Å². The molecule has 1 fully saturated rings. The van der Waals surface area contributed by atoms with E-state index in [2.05, 4.69) is 0 Å². The second kappa shape index (κ2) is 9.47. The van der Waals surface area contributed by atoms with Gasteiger partial charge in [0, 0.05) is 24.8 Å². The molecule has 10 heteroatoms. The summed E-state index contributed by atoms with van der Waals surface area (Å²) in [5.74, 6) is -1.59. The average molecular weight is 529 g/mol. The molecule has 0 radical (unpaired) electrons. The van der Waals surface area contributed by atoms with Crippen molar-refractivity contribution < 1.29 is 24.2 Å². The molecule has 0 spiro atoms. The number of aromatic carboxylic acids is 1. The number of aromatic nitrogens is 1. The normalized spacial score (nSPS) is 13.8. The zero-order valence-electron chi connectivity index (χ0n) is 18.2. The lowest BCUT2D eigenvalue weighted by Crippen LogP contribution is -2.40. The summed E-state index contributed by atoms with van der Waals surface area (Å²) in [6.45, 7) is 1.96. The van der Waals surface area contributed by atoms with E-state index in [0.717, 1.165) is 4.70 Å². The minimum Gasteiger partial charge on any atom is -0.478 e. The molecule has 5 rings (SSSR count). The first-order valence-corrected chi connectivity index (χ1v) is 12.3. The molecule has 1 aliphatic heterocycles. The Morgan fingerprint density at radius 3 is 2.23 bits per heavy atom. The van der Waals surface area contributed by atoms with E-state index in [0.29, 0.717) is 47.8 Å². The first kappa shape index (κ1) is 23.6. The van der Waals surface area contributed by atoms with Crippen LogP contribution in [0.3, 0.4) is 0 Å². The number of benzene rings is 2. The Hall–Kier alpha value is -3.17. The molecule has 0 saturated carbocycles. The molecule has 0 atom stereocenters. The van der Waals surface area contributed by atoms with Gasteiger partial charge in [0.25, 0.3) is 11.8 Å². The molecule has 1 saturated heterocycles. The highest BCUT2D eigenvalue weighted by atomic mass is 35.5. The number of thiophene rings is 1. The van der Waals surface area contributed by atoms with E-state index < -0.39 is 11.9 Å². The number of carbonyl (C=O) groups excluding carboxylic acids is 2. The summed E-state index contributed by atoms with van der Waals surface area (Å²) in [5.41, 5.74) is 2.26. The van der Waals surface area contributed by atoms with Crippen LogP contribution >= 0.6 is 34.5 Å². The molecule has 178 valence electrons. The summed E-state index contributed by atoms with van der Waals surface area (Å²) in [4.78, 5) is 40.3. The van der Waals surface area contributed by atoms with Crippen LogP contribution in [0.2, 0.25) is 10.0 Å². The van der Waals surface area contributed by atoms with Crippen molar-refractivity contribution in [3.8, 4) is 11.1 Å². The number of morpholine rings is 1. The molecular formula is C25H18Cl2N2O5S. The van der Waals surface area contributed by atoms with Gasteiger partial charge in [-0.25, -0.2) is 4.79 Å². The molecule has 0 aliphatic carbocycles. The van der Waals surface area contributed by atoms with E-state index in [1.165, 1.54) is 28.0 Å². The third-order valence-electron chi connectivity index (χ3n) is 5.82. The molecule has 0 bridgehead atoms. The zero-order valence-corrected chi connectivity index (χ0v) is 20.5. The minimum atomic E-state index is -1.03. The van der Waals surface area contributed by atoms with E-state index in [9.17, 15) is 19.5 Å². The van der Waals surface area contributed by atoms with Crippen LogP contribution < -0.4 is 0 Å². The van der Waals surface area contributed by atoms with Gasteiger partial charge in [0.1, 0.15) is 0 Å². The van der Waals surface area contributed by atoms with Gasteiger partial charge in [-0.15, -0.1) is 11.3 Å². The van der Waals surface area contributed by atoms with Gasteiger partial charge in [0.15, 0.2) is 0 Å². The summed E-state index contributed by atoms with van der Waals surface area (Å²) in [5, 5.41) is 9.68. The second-order valence-electron chi connectivity index (χ2n) is 7.93. The maximum Gasteiger partial charge on any atom is 0.335 e. The van der Waals surface area contributed by atoms with Crippen molar-refractivity contribution in [1.82, 2.24) is 9.47 Å². The van der Waals surface area contributed by atoms with Gasteiger partial charge >= 0.3 is 5.97 Å². The first-order valence-electron chi connectivity index (χ1n) is 10.7. The average Bonchev–Trinajstić information content (AvgIpc) is 3.44. The van der Waals surface area contributed by atoms with Gasteiger partial charge in [-0.2, -0.15) is 0 Å². The molecule has 1 N–H and O–H groups in total. The molecule has 4 aromatic rings. The number of rotatable bonds is 4. The fourth-order valence-electron chi connectivity index (χ4n) is 4.03. The smallest absolute Gasteiger partial charge is 0.335 e. The lowest BCUT2D eigenvalue weighted by atomic mass is 10.1. The number of hydrogen-bond donors (Lipinski definition) is 1. The first-order chi connectivity index (χ1) is 16.8. The Bertz CT molecular complexity index is 1450. The van der Waals surface area contributed by atoms with E-state index in [1.807, 2.05) is 0 Å². The number of carboxylic acid groups (broad SMARTS) is 1. The largest absolute Gasteiger partial charge is 0.478 e. The molecule has 35 heavy (non-hydrogen) atoms. The molecule has 1 aliphatic rings. The summed E-state index contributed by atoms with van der Waals surface area (Å²) >= 11 is 13.9. The molecule has 2 aromatic heterocycles. The van der Waals surface area contributed by atoms with E-state index >= 15 is 0 Å². The molecular weight excluding hydrogens is 511 g/mol. The van der Waals surface area contributed by atoms with Crippen molar-refractivity contribution in [2.75, 3.05) is 26.3 Å². The summed E-state index contributed by atoms with van der Waals surface area (Å²) in [6.07, 6.45) is 1.67. The summed E-state index contributed by atoms with van der Waals surface area (Å²) in [7, 11) is 0. The van der Waals surface area contributed by atoms with Gasteiger partial charge in [-0.3, -0.25) is 14.2 Å². The predicted octanol–water partition coefficient (Wildman–Crippen LogP) is 5.54. The number of fused-ring (bicyclic) bond motifs is 1. The van der Waals surface area contributed by atoms with Gasteiger partial charge in [-0.05, 0) is 35.9 Å². The number of carboxylic acids is 1. The number of nitrogens with zero attached hydrogens (tertiary/aromatic N) is 2. The van der Waals surface area contributed by atoms with Crippen molar-refractivity contribution in [1.29, 1.82) is 0 Å². The number of carbonyl (C=O) groups is 3. The van der Waals surface area contributed by atoms with Gasteiger partial charge < -0.3 is 14.7 Å².